The number of hydrogen-bond donors (Lipinski definition) is 1. The van der Waals surface area contributed by atoms with Crippen LogP contribution in [0.1, 0.15) is 29.3 Å². The van der Waals surface area contributed by atoms with Crippen LogP contribution in [0.3, 0.4) is 0 Å². The van der Waals surface area contributed by atoms with Crippen LogP contribution in [-0.2, 0) is 19.4 Å². The Morgan fingerprint density at radius 3 is 2.79 bits per heavy atom. The van der Waals surface area contributed by atoms with Crippen molar-refractivity contribution in [3.63, 3.8) is 0 Å². The summed E-state index contributed by atoms with van der Waals surface area (Å²) in [5, 5.41) is 3.22. The number of hydrogen-bond acceptors (Lipinski definition) is 5. The van der Waals surface area contributed by atoms with Gasteiger partial charge >= 0.3 is 0 Å². The van der Waals surface area contributed by atoms with Crippen LogP contribution in [0.2, 0.25) is 0 Å². The van der Waals surface area contributed by atoms with Crippen molar-refractivity contribution in [3.8, 4) is 0 Å². The molecule has 2 N–H and O–H groups in total. The van der Waals surface area contributed by atoms with E-state index in [2.05, 4.69) is 43.3 Å². The quantitative estimate of drug-likeness (QED) is 0.889. The minimum atomic E-state index is 0.445. The summed E-state index contributed by atoms with van der Waals surface area (Å²) in [7, 11) is 2.12. The van der Waals surface area contributed by atoms with Crippen LogP contribution in [0.4, 0.5) is 5.13 Å². The van der Waals surface area contributed by atoms with E-state index >= 15 is 0 Å². The molecule has 0 radical (unpaired) electrons. The zero-order valence-corrected chi connectivity index (χ0v) is 13.4. The maximum atomic E-state index is 5.78. The summed E-state index contributed by atoms with van der Waals surface area (Å²) in [6, 6.07) is 4.75. The highest BCUT2D eigenvalue weighted by molar-refractivity contribution is 7.15. The normalized spacial score (nSPS) is 12.6. The summed E-state index contributed by atoms with van der Waals surface area (Å²) < 4.78 is 0. The molecule has 0 spiro atoms. The van der Waals surface area contributed by atoms with Crippen LogP contribution in [0, 0.1) is 0 Å². The van der Waals surface area contributed by atoms with Crippen molar-refractivity contribution in [3.05, 3.63) is 33.0 Å². The first-order valence-corrected chi connectivity index (χ1v) is 8.29. The van der Waals surface area contributed by atoms with Gasteiger partial charge in [-0.25, -0.2) is 4.98 Å². The van der Waals surface area contributed by atoms with Gasteiger partial charge < -0.3 is 10.6 Å². The lowest BCUT2D eigenvalue weighted by Gasteiger charge is -2.23. The second kappa shape index (κ2) is 6.50. The van der Waals surface area contributed by atoms with Gasteiger partial charge in [-0.3, -0.25) is 0 Å². The van der Waals surface area contributed by atoms with Crippen LogP contribution < -0.4 is 10.6 Å². The molecule has 0 aliphatic heterocycles. The number of nitrogens with two attached hydrogens (primary N) is 1. The average Bonchev–Trinajstić information content (AvgIpc) is 3.05. The molecule has 0 aromatic carbocycles. The van der Waals surface area contributed by atoms with Crippen molar-refractivity contribution >= 4 is 27.8 Å². The summed E-state index contributed by atoms with van der Waals surface area (Å²) in [5.41, 5.74) is 6.93. The summed E-state index contributed by atoms with van der Waals surface area (Å²) in [5.74, 6) is 0. The second-order valence-electron chi connectivity index (χ2n) is 4.67. The fourth-order valence-electron chi connectivity index (χ4n) is 2.00. The molecule has 2 aromatic heterocycles. The highest BCUT2D eigenvalue weighted by atomic mass is 32.1. The molecular formula is C14H21N3S2. The van der Waals surface area contributed by atoms with Gasteiger partial charge in [0.2, 0.25) is 0 Å². The molecule has 104 valence electrons. The van der Waals surface area contributed by atoms with Crippen LogP contribution >= 0.6 is 22.7 Å². The number of anilines is 1. The van der Waals surface area contributed by atoms with Gasteiger partial charge in [-0.15, -0.1) is 22.7 Å². The Hall–Kier alpha value is -0.910. The molecule has 0 fully saturated rings. The third kappa shape index (κ3) is 3.35. The van der Waals surface area contributed by atoms with Crippen molar-refractivity contribution in [2.24, 2.45) is 5.73 Å². The molecule has 3 nitrogen and oxygen atoms in total. The highest BCUT2D eigenvalue weighted by Crippen LogP contribution is 2.28. The van der Waals surface area contributed by atoms with Crippen molar-refractivity contribution in [1.82, 2.24) is 4.98 Å². The molecule has 0 aliphatic rings. The molecule has 0 aliphatic carbocycles. The first-order chi connectivity index (χ1) is 9.15. The summed E-state index contributed by atoms with van der Waals surface area (Å²) in [4.78, 5) is 9.62. The summed E-state index contributed by atoms with van der Waals surface area (Å²) >= 11 is 3.54. The first-order valence-electron chi connectivity index (χ1n) is 6.59. The maximum Gasteiger partial charge on any atom is 0.185 e. The van der Waals surface area contributed by atoms with Crippen LogP contribution in [0.25, 0.3) is 0 Å². The smallest absolute Gasteiger partial charge is 0.185 e. The van der Waals surface area contributed by atoms with Crippen molar-refractivity contribution < 1.29 is 0 Å². The molecule has 1 unspecified atom stereocenters. The molecule has 0 amide bonds. The van der Waals surface area contributed by atoms with Crippen molar-refractivity contribution in [1.29, 1.82) is 0 Å². The Balaban J connectivity index is 2.09. The van der Waals surface area contributed by atoms with Crippen LogP contribution in [0.5, 0.6) is 0 Å². The summed E-state index contributed by atoms with van der Waals surface area (Å²) in [6.07, 6.45) is 2.02. The van der Waals surface area contributed by atoms with E-state index in [9.17, 15) is 0 Å². The lowest BCUT2D eigenvalue weighted by molar-refractivity contribution is 0.685. The highest BCUT2D eigenvalue weighted by Gasteiger charge is 2.17. The zero-order chi connectivity index (χ0) is 13.8. The van der Waals surface area contributed by atoms with Gasteiger partial charge in [0.1, 0.15) is 0 Å². The van der Waals surface area contributed by atoms with Crippen molar-refractivity contribution in [2.75, 3.05) is 11.9 Å². The van der Waals surface area contributed by atoms with E-state index in [-0.39, 0.29) is 0 Å². The predicted molar refractivity (Wildman–Crippen MR) is 85.3 cm³/mol. The number of thiazole rings is 1. The third-order valence-electron chi connectivity index (χ3n) is 3.33. The molecule has 2 heterocycles. The molecule has 5 heteroatoms. The van der Waals surface area contributed by atoms with Gasteiger partial charge in [0, 0.05) is 35.8 Å². The van der Waals surface area contributed by atoms with E-state index in [1.807, 2.05) is 11.3 Å². The average molecular weight is 295 g/mol. The fourth-order valence-corrected chi connectivity index (χ4v) is 3.92. The minimum Gasteiger partial charge on any atom is -0.348 e. The fraction of sp³-hybridized carbons (Fsp3) is 0.500. The number of rotatable bonds is 6. The number of likely N-dealkylation sites (N-methyl/N-ethyl adjacent to an activating group) is 1. The molecule has 19 heavy (non-hydrogen) atoms. The molecule has 2 rings (SSSR count). The molecule has 2 aromatic rings. The van der Waals surface area contributed by atoms with E-state index < -0.39 is 0 Å². The number of aromatic nitrogens is 1. The van der Waals surface area contributed by atoms with Gasteiger partial charge in [0.15, 0.2) is 5.13 Å². The molecule has 1 atom stereocenters. The Labute approximate surface area is 123 Å². The topological polar surface area (TPSA) is 42.2 Å². The Morgan fingerprint density at radius 1 is 1.47 bits per heavy atom. The molecular weight excluding hydrogens is 274 g/mol. The molecule has 0 bridgehead atoms. The summed E-state index contributed by atoms with van der Waals surface area (Å²) in [6.45, 7) is 4.97. The van der Waals surface area contributed by atoms with Gasteiger partial charge in [-0.05, 0) is 24.8 Å². The van der Waals surface area contributed by atoms with Gasteiger partial charge in [-0.1, -0.05) is 13.0 Å². The minimum absolute atomic E-state index is 0.445. The number of aryl methyl sites for hydroxylation is 1. The SMILES string of the molecule is CCc1nc(N(C)C(C)Cc2cccs2)sc1CN. The number of nitrogens with zero attached hydrogens (tertiary/aromatic N) is 2. The molecule has 0 saturated heterocycles. The Morgan fingerprint density at radius 2 is 2.26 bits per heavy atom. The predicted octanol–water partition coefficient (Wildman–Crippen LogP) is 3.29. The largest absolute Gasteiger partial charge is 0.348 e. The van der Waals surface area contributed by atoms with Gasteiger partial charge in [0.05, 0.1) is 5.69 Å². The maximum absolute atomic E-state index is 5.78. The van der Waals surface area contributed by atoms with Crippen molar-refractivity contribution in [2.45, 2.75) is 39.3 Å². The standard InChI is InChI=1S/C14H21N3S2/c1-4-12-13(9-15)19-14(16-12)17(3)10(2)8-11-6-5-7-18-11/h5-7,10H,4,8-9,15H2,1-3H3. The monoisotopic (exact) mass is 295 g/mol. The van der Waals surface area contributed by atoms with Gasteiger partial charge in [0.25, 0.3) is 0 Å². The third-order valence-corrected chi connectivity index (χ3v) is 5.44. The second-order valence-corrected chi connectivity index (χ2v) is 6.76. The van der Waals surface area contributed by atoms with Crippen LogP contribution in [-0.4, -0.2) is 18.1 Å². The number of thiophene rings is 1. The van der Waals surface area contributed by atoms with E-state index in [4.69, 9.17) is 10.7 Å². The first kappa shape index (κ1) is 14.5. The van der Waals surface area contributed by atoms with E-state index in [1.165, 1.54) is 9.75 Å². The van der Waals surface area contributed by atoms with E-state index in [1.54, 1.807) is 11.3 Å². The Kier molecular flexibility index (Phi) is 4.96. The lowest BCUT2D eigenvalue weighted by atomic mass is 10.2. The lowest BCUT2D eigenvalue weighted by Crippen LogP contribution is -2.30. The Bertz CT molecular complexity index is 483. The van der Waals surface area contributed by atoms with Gasteiger partial charge in [-0.2, -0.15) is 0 Å². The van der Waals surface area contributed by atoms with E-state index in [0.717, 1.165) is 23.7 Å². The molecule has 0 saturated carbocycles. The zero-order valence-electron chi connectivity index (χ0n) is 11.7. The van der Waals surface area contributed by atoms with Crippen LogP contribution in [0.15, 0.2) is 17.5 Å². The van der Waals surface area contributed by atoms with E-state index in [0.29, 0.717) is 12.6 Å².